The Morgan fingerprint density at radius 1 is 0.731 bits per heavy atom. The van der Waals surface area contributed by atoms with E-state index in [-0.39, 0.29) is 29.2 Å². The maximum atomic E-state index is 14.7. The summed E-state index contributed by atoms with van der Waals surface area (Å²) in [5, 5.41) is 113. The van der Waals surface area contributed by atoms with Crippen molar-refractivity contribution >= 4 is 70.9 Å². The first-order valence-electron chi connectivity index (χ1n) is 29.3. The molecule has 0 spiro atoms. The summed E-state index contributed by atoms with van der Waals surface area (Å²) in [6.07, 6.45) is -13.7. The van der Waals surface area contributed by atoms with Gasteiger partial charge in [-0.15, -0.1) is 10.2 Å². The van der Waals surface area contributed by atoms with Crippen molar-refractivity contribution in [1.82, 2.24) is 46.6 Å². The minimum Gasteiger partial charge on any atom is -0.504 e. The van der Waals surface area contributed by atoms with Crippen LogP contribution in [0.25, 0.3) is 32.3 Å². The number of carbonyl (C=O) groups is 8. The van der Waals surface area contributed by atoms with Crippen LogP contribution in [0.3, 0.4) is 0 Å². The molecule has 1 aromatic heterocycles. The molecule has 0 radical (unpaired) electrons. The quantitative estimate of drug-likeness (QED) is 0.0174. The standard InChI is InChI=1S/C60H72N10O21S2/c1-29-26-70-50(51(29)78)56(83)62-25-38(72)22-40(63-52(79)35-11-15-37(16-12-35)58-68-67-57(92-58)36-13-9-34(10-14-36)33-7-4-31(5-8-33)28-88-19-18-87-3)53(80)64-47(30(2)71)59(84)69-27-39(73)23-41(69)54(81)65-48(55(82)66-49(60(70)85)44(76)24-46(61)77)43(75)20-32-6-17-42(74)45(21-32)89-93-91-90-86/h4-17,21,29-30,38-41,43-44,47-51,71-76,78,86H,18-20,22-28H2,1-3H3,(H2,61,77)(H,62,83)(H,63,79)(H,64,80)(H,65,81)(H,66,82). The maximum absolute atomic E-state index is 14.7. The fourth-order valence-electron chi connectivity index (χ4n) is 10.8. The third-order valence-corrected chi connectivity index (χ3v) is 17.1. The second kappa shape index (κ2) is 32.5. The molecule has 0 saturated carbocycles. The largest absolute Gasteiger partial charge is 0.504 e. The first-order valence-corrected chi connectivity index (χ1v) is 30.7. The molecule has 15 N–H and O–H groups in total. The average Bonchev–Trinajstić information content (AvgIpc) is 1.72. The number of phenols is 1. The first kappa shape index (κ1) is 70.6. The predicted molar refractivity (Wildman–Crippen MR) is 328 cm³/mol. The van der Waals surface area contributed by atoms with Crippen LogP contribution < -0.4 is 36.5 Å². The number of nitrogens with one attached hydrogen (secondary N) is 5. The Morgan fingerprint density at radius 2 is 1.33 bits per heavy atom. The summed E-state index contributed by atoms with van der Waals surface area (Å²) < 4.78 is 20.0. The Labute approximate surface area is 539 Å². The molecule has 8 rings (SSSR count). The van der Waals surface area contributed by atoms with Gasteiger partial charge in [-0.1, -0.05) is 94.4 Å². The van der Waals surface area contributed by atoms with Crippen LogP contribution in [0.1, 0.15) is 54.6 Å². The lowest BCUT2D eigenvalue weighted by atomic mass is 9.98. The highest BCUT2D eigenvalue weighted by molar-refractivity contribution is 7.90. The van der Waals surface area contributed by atoms with E-state index in [0.717, 1.165) is 51.1 Å². The summed E-state index contributed by atoms with van der Waals surface area (Å²) in [5.41, 5.74) is 9.87. The number of nitrogens with two attached hydrogens (primary N) is 1. The zero-order chi connectivity index (χ0) is 67.2. The number of rotatable bonds is 21. The lowest BCUT2D eigenvalue weighted by Gasteiger charge is -2.33. The number of methoxy groups -OCH3 is 1. The number of benzene rings is 4. The third-order valence-electron chi connectivity index (χ3n) is 15.7. The van der Waals surface area contributed by atoms with E-state index in [9.17, 15) is 74.1 Å². The third kappa shape index (κ3) is 18.1. The molecular formula is C60H72N10O21S2. The van der Waals surface area contributed by atoms with Crippen LogP contribution >= 0.6 is 23.7 Å². The fraction of sp³-hybridized carbons (Fsp3) is 0.433. The number of phenolic OH excluding ortho intramolecular Hbond substituents is 1. The summed E-state index contributed by atoms with van der Waals surface area (Å²) in [7, 11) is 1.61. The van der Waals surface area contributed by atoms with E-state index in [1.807, 2.05) is 48.5 Å². The second-order valence-corrected chi connectivity index (χ2v) is 24.0. The number of ether oxygens (including phenoxy) is 2. The lowest BCUT2D eigenvalue weighted by molar-refractivity contribution is -0.433. The summed E-state index contributed by atoms with van der Waals surface area (Å²) in [6, 6.07) is 13.6. The number of amides is 8. The van der Waals surface area contributed by atoms with E-state index in [4.69, 9.17) is 24.6 Å². The molecule has 31 nitrogen and oxygen atoms in total. The number of aromatic nitrogens is 2. The van der Waals surface area contributed by atoms with Gasteiger partial charge in [-0.25, -0.2) is 5.26 Å². The van der Waals surface area contributed by atoms with Crippen molar-refractivity contribution in [3.63, 3.8) is 0 Å². The number of fused-ring (bicyclic) bond motifs is 2. The summed E-state index contributed by atoms with van der Waals surface area (Å²) in [4.78, 5) is 115. The number of aromatic hydroxyl groups is 1. The van der Waals surface area contributed by atoms with Crippen LogP contribution in [0, 0.1) is 5.92 Å². The Hall–Kier alpha value is -8.29. The predicted octanol–water partition coefficient (Wildman–Crippen LogP) is -1.41. The van der Waals surface area contributed by atoms with E-state index in [2.05, 4.69) is 46.2 Å². The van der Waals surface area contributed by atoms with Crippen LogP contribution in [0.5, 0.6) is 11.5 Å². The molecule has 4 aromatic carbocycles. The van der Waals surface area contributed by atoms with Gasteiger partial charge in [-0.3, -0.25) is 38.4 Å². The monoisotopic (exact) mass is 1330 g/mol. The molecule has 0 aliphatic carbocycles. The minimum absolute atomic E-state index is 0.00250. The van der Waals surface area contributed by atoms with Crippen molar-refractivity contribution in [3.05, 3.63) is 108 Å². The molecule has 93 heavy (non-hydrogen) atoms. The number of aliphatic hydroxyl groups excluding tert-OH is 6. The Bertz CT molecular complexity index is 3440. The van der Waals surface area contributed by atoms with Crippen molar-refractivity contribution in [2.75, 3.05) is 40.0 Å². The van der Waals surface area contributed by atoms with Gasteiger partial charge in [0.05, 0.1) is 62.9 Å². The van der Waals surface area contributed by atoms with Gasteiger partial charge in [0.15, 0.2) is 11.5 Å². The van der Waals surface area contributed by atoms with Crippen molar-refractivity contribution in [1.29, 1.82) is 0 Å². The highest BCUT2D eigenvalue weighted by Crippen LogP contribution is 2.34. The van der Waals surface area contributed by atoms with Crippen LogP contribution in [-0.2, 0) is 65.4 Å². The van der Waals surface area contributed by atoms with Crippen molar-refractivity contribution in [3.8, 4) is 43.8 Å². The van der Waals surface area contributed by atoms with Gasteiger partial charge in [0.25, 0.3) is 18.2 Å². The van der Waals surface area contributed by atoms with Crippen LogP contribution in [0.15, 0.2) is 91.0 Å². The van der Waals surface area contributed by atoms with Gasteiger partial charge in [0.2, 0.25) is 41.4 Å². The van der Waals surface area contributed by atoms with E-state index in [1.165, 1.54) is 36.5 Å². The van der Waals surface area contributed by atoms with Crippen molar-refractivity contribution in [2.24, 2.45) is 11.7 Å². The molecule has 33 heteroatoms. The van der Waals surface area contributed by atoms with Gasteiger partial charge >= 0.3 is 0 Å². The Balaban J connectivity index is 1.06. The number of nitrogens with zero attached hydrogens (tertiary/aromatic N) is 4. The molecule has 0 bridgehead atoms. The maximum Gasteiger partial charge on any atom is 0.261 e. The van der Waals surface area contributed by atoms with Gasteiger partial charge in [-0.2, -0.15) is 0 Å². The molecule has 3 fully saturated rings. The molecule has 8 amide bonds. The van der Waals surface area contributed by atoms with Crippen LogP contribution in [0.2, 0.25) is 0 Å². The van der Waals surface area contributed by atoms with Gasteiger partial charge < -0.3 is 91.5 Å². The molecule has 5 aromatic rings. The fourth-order valence-corrected chi connectivity index (χ4v) is 11.9. The number of aliphatic hydroxyl groups is 6. The number of hydrogen-bond acceptors (Lipinski definition) is 25. The van der Waals surface area contributed by atoms with Crippen molar-refractivity contribution < 1.29 is 102 Å². The summed E-state index contributed by atoms with van der Waals surface area (Å²) >= 11 is 1.34. The van der Waals surface area contributed by atoms with Crippen LogP contribution in [0.4, 0.5) is 0 Å². The number of carbonyl (C=O) groups excluding carboxylic acids is 8. The molecule has 13 unspecified atom stereocenters. The van der Waals surface area contributed by atoms with E-state index in [0.29, 0.717) is 35.4 Å². The molecule has 13 atom stereocenters. The molecule has 500 valence electrons. The molecule has 3 aliphatic rings. The number of β-amino-alcohol motifs (C(OH)–C–C–N with tert-alkyl or cyclic N) is 1. The summed E-state index contributed by atoms with van der Waals surface area (Å²) in [5.74, 6) is -11.1. The van der Waals surface area contributed by atoms with Gasteiger partial charge in [0.1, 0.15) is 46.3 Å². The average molecular weight is 1330 g/mol. The van der Waals surface area contributed by atoms with Gasteiger partial charge in [-0.05, 0) is 53.4 Å². The second-order valence-electron chi connectivity index (χ2n) is 22.6. The molecule has 3 saturated heterocycles. The first-order chi connectivity index (χ1) is 44.4. The molecule has 4 heterocycles. The summed E-state index contributed by atoms with van der Waals surface area (Å²) in [6.45, 7) is 2.30. The normalized spacial score (nSPS) is 24.5. The molecule has 3 aliphatic heterocycles. The highest BCUT2D eigenvalue weighted by atomic mass is 32.2. The van der Waals surface area contributed by atoms with Crippen molar-refractivity contribution in [2.45, 2.75) is 119 Å². The number of primary amides is 1. The van der Waals surface area contributed by atoms with E-state index in [1.54, 1.807) is 19.2 Å². The van der Waals surface area contributed by atoms with Crippen LogP contribution in [-0.4, -0.2) is 221 Å². The zero-order valence-electron chi connectivity index (χ0n) is 50.3. The highest BCUT2D eigenvalue weighted by Gasteiger charge is 2.50. The topological polar surface area (TPSA) is 463 Å². The zero-order valence-corrected chi connectivity index (χ0v) is 51.9. The Kier molecular flexibility index (Phi) is 24.7. The number of hydrogen-bond donors (Lipinski definition) is 14. The lowest BCUT2D eigenvalue weighted by Crippen LogP contribution is -2.64. The smallest absolute Gasteiger partial charge is 0.261 e. The SMILES string of the molecule is COCCOCc1ccc(-c2ccc(-c3nnc(-c4ccc(C(=O)NC5CC(O)CNC(=O)C6C(O)C(C)CN6C(=O)C(C(O)CC(N)=O)NC(=O)C(C(O)Cc6ccc(O)c(OSOOO)c6)NC(=O)C6CC(O)CN6C(=O)C(C(C)O)NC5=O)cc4)s3)cc2)cc1. The Morgan fingerprint density at radius 3 is 1.97 bits per heavy atom. The minimum atomic E-state index is -2.22. The van der Waals surface area contributed by atoms with E-state index < -0.39 is 177 Å². The molecular weight excluding hydrogens is 1260 g/mol. The van der Waals surface area contributed by atoms with Gasteiger partial charge in [0, 0.05) is 68.6 Å². The van der Waals surface area contributed by atoms with E-state index >= 15 is 0 Å².